The minimum absolute atomic E-state index is 0.0533. The molecule has 1 aromatic heterocycles. The molecule has 0 fully saturated rings. The third kappa shape index (κ3) is 1.95. The summed E-state index contributed by atoms with van der Waals surface area (Å²) < 4.78 is 12.6. The lowest BCUT2D eigenvalue weighted by Crippen LogP contribution is -1.65. The van der Waals surface area contributed by atoms with Gasteiger partial charge in [0.15, 0.2) is 0 Å². The molecule has 0 spiro atoms. The summed E-state index contributed by atoms with van der Waals surface area (Å²) in [4.78, 5) is 0.986. The maximum atomic E-state index is 12.6. The highest BCUT2D eigenvalue weighted by molar-refractivity contribution is 7.10. The summed E-state index contributed by atoms with van der Waals surface area (Å²) in [6.07, 6.45) is 2.06. The Morgan fingerprint density at radius 1 is 1.80 bits per heavy atom. The highest BCUT2D eigenvalue weighted by atomic mass is 32.1. The monoisotopic (exact) mass is 156 g/mol. The predicted molar refractivity (Wildman–Crippen MR) is 43.7 cm³/mol. The van der Waals surface area contributed by atoms with Crippen LogP contribution in [0.4, 0.5) is 4.39 Å². The van der Waals surface area contributed by atoms with E-state index in [4.69, 9.17) is 0 Å². The number of rotatable bonds is 2. The molecule has 0 aliphatic heterocycles. The fraction of sp³-hybridized carbons (Fsp3) is 0.250. The van der Waals surface area contributed by atoms with Crippen LogP contribution in [0.25, 0.3) is 6.08 Å². The van der Waals surface area contributed by atoms with Crippen LogP contribution in [0.3, 0.4) is 0 Å². The SMILES string of the molecule is CC/C(F)=C/c1cccs1. The van der Waals surface area contributed by atoms with Gasteiger partial charge in [0.25, 0.3) is 0 Å². The van der Waals surface area contributed by atoms with Crippen LogP contribution in [0.15, 0.2) is 23.3 Å². The number of hydrogen-bond acceptors (Lipinski definition) is 1. The Labute approximate surface area is 64.0 Å². The Kier molecular flexibility index (Phi) is 2.63. The van der Waals surface area contributed by atoms with E-state index in [1.165, 1.54) is 0 Å². The standard InChI is InChI=1S/C8H9FS/c1-2-7(9)6-8-4-3-5-10-8/h3-6H,2H2,1H3/b7-6-. The van der Waals surface area contributed by atoms with Gasteiger partial charge >= 0.3 is 0 Å². The van der Waals surface area contributed by atoms with E-state index in [-0.39, 0.29) is 5.83 Å². The molecule has 0 saturated carbocycles. The van der Waals surface area contributed by atoms with Crippen molar-refractivity contribution in [3.63, 3.8) is 0 Å². The summed E-state index contributed by atoms with van der Waals surface area (Å²) in [5.41, 5.74) is 0. The summed E-state index contributed by atoms with van der Waals surface area (Å²) in [6, 6.07) is 3.82. The van der Waals surface area contributed by atoms with Gasteiger partial charge in [-0.15, -0.1) is 11.3 Å². The van der Waals surface area contributed by atoms with Crippen molar-refractivity contribution < 1.29 is 4.39 Å². The zero-order valence-corrected chi connectivity index (χ0v) is 6.62. The molecule has 0 aromatic carbocycles. The van der Waals surface area contributed by atoms with Gasteiger partial charge in [0, 0.05) is 4.88 Å². The van der Waals surface area contributed by atoms with Gasteiger partial charge in [-0.3, -0.25) is 0 Å². The molecule has 0 aliphatic rings. The summed E-state index contributed by atoms with van der Waals surface area (Å²) in [6.45, 7) is 1.80. The number of thiophene rings is 1. The zero-order chi connectivity index (χ0) is 7.40. The molecule has 54 valence electrons. The lowest BCUT2D eigenvalue weighted by Gasteiger charge is -1.86. The van der Waals surface area contributed by atoms with Crippen LogP contribution in [-0.2, 0) is 0 Å². The Morgan fingerprint density at radius 3 is 3.10 bits per heavy atom. The van der Waals surface area contributed by atoms with Crippen LogP contribution in [0.2, 0.25) is 0 Å². The minimum atomic E-state index is -0.0533. The van der Waals surface area contributed by atoms with Crippen molar-refractivity contribution in [1.29, 1.82) is 0 Å². The highest BCUT2D eigenvalue weighted by Crippen LogP contribution is 2.15. The molecule has 0 amide bonds. The Hall–Kier alpha value is -0.630. The van der Waals surface area contributed by atoms with Crippen LogP contribution in [0.5, 0.6) is 0 Å². The first kappa shape index (κ1) is 7.48. The van der Waals surface area contributed by atoms with Gasteiger partial charge in [0.2, 0.25) is 0 Å². The molecule has 0 radical (unpaired) electrons. The van der Waals surface area contributed by atoms with Crippen molar-refractivity contribution in [2.75, 3.05) is 0 Å². The predicted octanol–water partition coefficient (Wildman–Crippen LogP) is 3.47. The average molecular weight is 156 g/mol. The molecule has 10 heavy (non-hydrogen) atoms. The fourth-order valence-corrected chi connectivity index (χ4v) is 1.30. The Balaban J connectivity index is 2.71. The summed E-state index contributed by atoms with van der Waals surface area (Å²) in [5.74, 6) is -0.0533. The molecule has 0 saturated heterocycles. The molecule has 0 unspecified atom stereocenters. The summed E-state index contributed by atoms with van der Waals surface area (Å²) in [7, 11) is 0. The highest BCUT2D eigenvalue weighted by Gasteiger charge is 1.91. The normalized spacial score (nSPS) is 12.0. The van der Waals surface area contributed by atoms with Crippen LogP contribution in [-0.4, -0.2) is 0 Å². The second kappa shape index (κ2) is 3.52. The second-order valence-corrected chi connectivity index (χ2v) is 2.94. The van der Waals surface area contributed by atoms with Crippen LogP contribution in [0, 0.1) is 0 Å². The van der Waals surface area contributed by atoms with Crippen LogP contribution in [0.1, 0.15) is 18.2 Å². The smallest absolute Gasteiger partial charge is 0.101 e. The molecule has 1 aromatic rings. The van der Waals surface area contributed by atoms with Gasteiger partial charge in [-0.1, -0.05) is 13.0 Å². The van der Waals surface area contributed by atoms with Gasteiger partial charge in [-0.25, -0.2) is 4.39 Å². The van der Waals surface area contributed by atoms with Crippen molar-refractivity contribution in [2.24, 2.45) is 0 Å². The van der Waals surface area contributed by atoms with Crippen molar-refractivity contribution in [3.05, 3.63) is 28.2 Å². The van der Waals surface area contributed by atoms with E-state index in [1.54, 1.807) is 24.3 Å². The summed E-state index contributed by atoms with van der Waals surface area (Å²) >= 11 is 1.55. The van der Waals surface area contributed by atoms with Crippen LogP contribution >= 0.6 is 11.3 Å². The second-order valence-electron chi connectivity index (χ2n) is 1.96. The van der Waals surface area contributed by atoms with E-state index < -0.39 is 0 Å². The van der Waals surface area contributed by atoms with Crippen molar-refractivity contribution >= 4 is 17.4 Å². The topological polar surface area (TPSA) is 0 Å². The lowest BCUT2D eigenvalue weighted by atomic mass is 10.3. The first-order valence-corrected chi connectivity index (χ1v) is 4.10. The molecule has 1 rings (SSSR count). The Morgan fingerprint density at radius 2 is 2.60 bits per heavy atom. The van der Waals surface area contributed by atoms with E-state index in [1.807, 2.05) is 17.5 Å². The summed E-state index contributed by atoms with van der Waals surface area (Å²) in [5, 5.41) is 1.94. The molecule has 0 N–H and O–H groups in total. The van der Waals surface area contributed by atoms with Gasteiger partial charge in [0.05, 0.1) is 0 Å². The number of halogens is 1. The maximum absolute atomic E-state index is 12.6. The first-order valence-electron chi connectivity index (χ1n) is 3.22. The lowest BCUT2D eigenvalue weighted by molar-refractivity contribution is 0.612. The molecule has 0 bridgehead atoms. The molecular formula is C8H9FS. The van der Waals surface area contributed by atoms with E-state index in [0.29, 0.717) is 6.42 Å². The van der Waals surface area contributed by atoms with Gasteiger partial charge in [0.1, 0.15) is 5.83 Å². The molecule has 1 heterocycles. The van der Waals surface area contributed by atoms with Gasteiger partial charge in [-0.2, -0.15) is 0 Å². The Bertz CT molecular complexity index is 211. The van der Waals surface area contributed by atoms with Gasteiger partial charge in [-0.05, 0) is 23.9 Å². The van der Waals surface area contributed by atoms with E-state index in [9.17, 15) is 4.39 Å². The molecule has 0 aliphatic carbocycles. The maximum Gasteiger partial charge on any atom is 0.101 e. The molecule has 2 heteroatoms. The third-order valence-corrected chi connectivity index (χ3v) is 2.00. The molecule has 0 nitrogen and oxygen atoms in total. The fourth-order valence-electron chi connectivity index (χ4n) is 0.630. The third-order valence-electron chi connectivity index (χ3n) is 1.18. The zero-order valence-electron chi connectivity index (χ0n) is 5.80. The number of allylic oxidation sites excluding steroid dienone is 1. The quantitative estimate of drug-likeness (QED) is 0.615. The van der Waals surface area contributed by atoms with Gasteiger partial charge < -0.3 is 0 Å². The van der Waals surface area contributed by atoms with Crippen molar-refractivity contribution in [2.45, 2.75) is 13.3 Å². The molecular weight excluding hydrogens is 147 g/mol. The van der Waals surface area contributed by atoms with Crippen molar-refractivity contribution in [1.82, 2.24) is 0 Å². The number of hydrogen-bond donors (Lipinski definition) is 0. The largest absolute Gasteiger partial charge is 0.212 e. The van der Waals surface area contributed by atoms with E-state index >= 15 is 0 Å². The molecule has 0 atom stereocenters. The van der Waals surface area contributed by atoms with E-state index in [2.05, 4.69) is 0 Å². The van der Waals surface area contributed by atoms with Crippen molar-refractivity contribution in [3.8, 4) is 0 Å². The van der Waals surface area contributed by atoms with E-state index in [0.717, 1.165) is 4.88 Å². The minimum Gasteiger partial charge on any atom is -0.212 e. The average Bonchev–Trinajstić information content (AvgIpc) is 2.40. The first-order chi connectivity index (χ1) is 4.83. The van der Waals surface area contributed by atoms with Crippen LogP contribution < -0.4 is 0 Å².